The van der Waals surface area contributed by atoms with Gasteiger partial charge in [-0.2, -0.15) is 0 Å². The SMILES string of the molecule is CC(C)CC(C)(C)C(=O)N1c2ccccc2C#Cc2ccccc21. The maximum absolute atomic E-state index is 13.5. The zero-order valence-electron chi connectivity index (χ0n) is 14.8. The van der Waals surface area contributed by atoms with Crippen molar-refractivity contribution >= 4 is 17.3 Å². The largest absolute Gasteiger partial charge is 0.278 e. The van der Waals surface area contributed by atoms with Crippen LogP contribution in [0.2, 0.25) is 0 Å². The molecule has 0 aromatic heterocycles. The maximum atomic E-state index is 13.5. The van der Waals surface area contributed by atoms with E-state index in [-0.39, 0.29) is 5.91 Å². The second-order valence-corrected chi connectivity index (χ2v) is 7.41. The summed E-state index contributed by atoms with van der Waals surface area (Å²) in [6, 6.07) is 15.8. The Morgan fingerprint density at radius 2 is 1.42 bits per heavy atom. The number of hydrogen-bond donors (Lipinski definition) is 0. The average molecular weight is 317 g/mol. The topological polar surface area (TPSA) is 20.3 Å². The summed E-state index contributed by atoms with van der Waals surface area (Å²) in [5.74, 6) is 7.00. The van der Waals surface area contributed by atoms with Crippen LogP contribution in [0.1, 0.15) is 45.2 Å². The van der Waals surface area contributed by atoms with Crippen LogP contribution < -0.4 is 4.90 Å². The number of rotatable bonds is 3. The van der Waals surface area contributed by atoms with E-state index >= 15 is 0 Å². The summed E-state index contributed by atoms with van der Waals surface area (Å²) in [6.07, 6.45) is 0.841. The number of anilines is 2. The van der Waals surface area contributed by atoms with Gasteiger partial charge < -0.3 is 0 Å². The van der Waals surface area contributed by atoms with E-state index in [4.69, 9.17) is 0 Å². The molecule has 2 aromatic rings. The summed E-state index contributed by atoms with van der Waals surface area (Å²) in [4.78, 5) is 15.4. The number of benzene rings is 2. The molecule has 2 nitrogen and oxygen atoms in total. The van der Waals surface area contributed by atoms with Crippen molar-refractivity contribution in [2.45, 2.75) is 34.1 Å². The van der Waals surface area contributed by atoms with E-state index in [1.165, 1.54) is 0 Å². The molecule has 0 radical (unpaired) electrons. The van der Waals surface area contributed by atoms with Gasteiger partial charge in [0, 0.05) is 16.5 Å². The third kappa shape index (κ3) is 2.95. The Hall–Kier alpha value is -2.53. The monoisotopic (exact) mass is 317 g/mol. The van der Waals surface area contributed by atoms with Crippen LogP contribution in [0.25, 0.3) is 0 Å². The summed E-state index contributed by atoms with van der Waals surface area (Å²) >= 11 is 0. The highest BCUT2D eigenvalue weighted by Gasteiger charge is 2.36. The summed E-state index contributed by atoms with van der Waals surface area (Å²) in [7, 11) is 0. The molecule has 0 N–H and O–H groups in total. The Balaban J connectivity index is 2.17. The fourth-order valence-electron chi connectivity index (χ4n) is 3.44. The van der Waals surface area contributed by atoms with Gasteiger partial charge in [0.05, 0.1) is 11.4 Å². The molecule has 2 aromatic carbocycles. The first-order chi connectivity index (χ1) is 11.4. The fourth-order valence-corrected chi connectivity index (χ4v) is 3.44. The predicted octanol–water partition coefficient (Wildman–Crippen LogP) is 5.14. The summed E-state index contributed by atoms with van der Waals surface area (Å²) in [5.41, 5.74) is 3.08. The molecule has 0 aliphatic carbocycles. The molecular weight excluding hydrogens is 294 g/mol. The van der Waals surface area contributed by atoms with Crippen LogP contribution in [0.4, 0.5) is 11.4 Å². The molecule has 1 aliphatic rings. The van der Waals surface area contributed by atoms with Crippen LogP contribution in [0.15, 0.2) is 48.5 Å². The Labute approximate surface area is 144 Å². The molecule has 24 heavy (non-hydrogen) atoms. The predicted molar refractivity (Wildman–Crippen MR) is 99.2 cm³/mol. The number of carbonyl (C=O) groups is 1. The molecule has 0 unspecified atom stereocenters. The van der Waals surface area contributed by atoms with Gasteiger partial charge >= 0.3 is 0 Å². The van der Waals surface area contributed by atoms with Gasteiger partial charge in [0.2, 0.25) is 5.91 Å². The molecule has 0 atom stereocenters. The number of hydrogen-bond acceptors (Lipinski definition) is 1. The van der Waals surface area contributed by atoms with Crippen molar-refractivity contribution in [3.05, 3.63) is 59.7 Å². The van der Waals surface area contributed by atoms with Crippen LogP contribution in [0.5, 0.6) is 0 Å². The molecule has 3 rings (SSSR count). The minimum atomic E-state index is -0.446. The standard InChI is InChI=1S/C22H23NO/c1-16(2)15-22(3,4)21(24)23-19-11-7-5-9-17(19)13-14-18-10-6-8-12-20(18)23/h5-12,16H,15H2,1-4H3. The lowest BCUT2D eigenvalue weighted by Crippen LogP contribution is -2.39. The van der Waals surface area contributed by atoms with Crippen LogP contribution in [0, 0.1) is 23.2 Å². The number of fused-ring (bicyclic) bond motifs is 2. The van der Waals surface area contributed by atoms with Crippen molar-refractivity contribution in [2.75, 3.05) is 4.90 Å². The number of carbonyl (C=O) groups excluding carboxylic acids is 1. The molecule has 0 fully saturated rings. The molecule has 0 spiro atoms. The molecule has 1 amide bonds. The molecule has 1 aliphatic heterocycles. The van der Waals surface area contributed by atoms with E-state index < -0.39 is 5.41 Å². The lowest BCUT2D eigenvalue weighted by Gasteiger charge is -2.33. The van der Waals surface area contributed by atoms with Crippen molar-refractivity contribution in [3.8, 4) is 11.8 Å². The number of para-hydroxylation sites is 2. The van der Waals surface area contributed by atoms with E-state index in [9.17, 15) is 4.79 Å². The van der Waals surface area contributed by atoms with Gasteiger partial charge in [-0.05, 0) is 36.6 Å². The lowest BCUT2D eigenvalue weighted by atomic mass is 9.82. The fraction of sp³-hybridized carbons (Fsp3) is 0.318. The summed E-state index contributed by atoms with van der Waals surface area (Å²) in [5, 5.41) is 0. The van der Waals surface area contributed by atoms with Gasteiger partial charge in [-0.25, -0.2) is 0 Å². The van der Waals surface area contributed by atoms with Crippen LogP contribution in [0.3, 0.4) is 0 Å². The van der Waals surface area contributed by atoms with E-state index in [0.717, 1.165) is 28.9 Å². The Kier molecular flexibility index (Phi) is 4.20. The molecule has 1 heterocycles. The van der Waals surface area contributed by atoms with E-state index in [2.05, 4.69) is 25.7 Å². The van der Waals surface area contributed by atoms with Crippen molar-refractivity contribution in [1.29, 1.82) is 0 Å². The Bertz CT molecular complexity index is 785. The van der Waals surface area contributed by atoms with Gasteiger partial charge in [0.1, 0.15) is 0 Å². The second kappa shape index (κ2) is 6.17. The van der Waals surface area contributed by atoms with Crippen LogP contribution in [-0.2, 0) is 4.79 Å². The highest BCUT2D eigenvalue weighted by Crippen LogP contribution is 2.38. The molecule has 0 saturated heterocycles. The van der Waals surface area contributed by atoms with Crippen molar-refractivity contribution in [2.24, 2.45) is 11.3 Å². The number of amides is 1. The lowest BCUT2D eigenvalue weighted by molar-refractivity contribution is -0.126. The maximum Gasteiger partial charge on any atom is 0.237 e. The minimum Gasteiger partial charge on any atom is -0.278 e. The molecule has 0 saturated carbocycles. The van der Waals surface area contributed by atoms with Gasteiger partial charge in [-0.1, -0.05) is 63.8 Å². The third-order valence-electron chi connectivity index (χ3n) is 4.32. The average Bonchev–Trinajstić information content (AvgIpc) is 2.70. The van der Waals surface area contributed by atoms with E-state index in [0.29, 0.717) is 5.92 Å². The summed E-state index contributed by atoms with van der Waals surface area (Å²) in [6.45, 7) is 8.38. The Morgan fingerprint density at radius 1 is 0.958 bits per heavy atom. The van der Waals surface area contributed by atoms with Crippen LogP contribution >= 0.6 is 0 Å². The van der Waals surface area contributed by atoms with Gasteiger partial charge in [-0.3, -0.25) is 9.69 Å². The normalized spacial score (nSPS) is 12.8. The third-order valence-corrected chi connectivity index (χ3v) is 4.32. The van der Waals surface area contributed by atoms with E-state index in [1.54, 1.807) is 0 Å². The van der Waals surface area contributed by atoms with Gasteiger partial charge in [0.25, 0.3) is 0 Å². The van der Waals surface area contributed by atoms with Crippen molar-refractivity contribution in [3.63, 3.8) is 0 Å². The molecule has 0 bridgehead atoms. The van der Waals surface area contributed by atoms with Gasteiger partial charge in [0.15, 0.2) is 0 Å². The first-order valence-corrected chi connectivity index (χ1v) is 8.45. The summed E-state index contributed by atoms with van der Waals surface area (Å²) < 4.78 is 0. The first kappa shape index (κ1) is 16.3. The van der Waals surface area contributed by atoms with Gasteiger partial charge in [-0.15, -0.1) is 0 Å². The van der Waals surface area contributed by atoms with Crippen molar-refractivity contribution in [1.82, 2.24) is 0 Å². The molecule has 2 heteroatoms. The quantitative estimate of drug-likeness (QED) is 0.718. The zero-order chi connectivity index (χ0) is 17.3. The molecular formula is C22H23NO. The zero-order valence-corrected chi connectivity index (χ0v) is 14.8. The molecule has 122 valence electrons. The first-order valence-electron chi connectivity index (χ1n) is 8.45. The van der Waals surface area contributed by atoms with Crippen LogP contribution in [-0.4, -0.2) is 5.91 Å². The Morgan fingerprint density at radius 3 is 1.88 bits per heavy atom. The number of nitrogens with zero attached hydrogens (tertiary/aromatic N) is 1. The second-order valence-electron chi connectivity index (χ2n) is 7.41. The highest BCUT2D eigenvalue weighted by atomic mass is 16.2. The smallest absolute Gasteiger partial charge is 0.237 e. The van der Waals surface area contributed by atoms with Crippen molar-refractivity contribution < 1.29 is 4.79 Å². The van der Waals surface area contributed by atoms with E-state index in [1.807, 2.05) is 67.3 Å². The minimum absolute atomic E-state index is 0.113. The highest BCUT2D eigenvalue weighted by molar-refractivity contribution is 6.06.